The number of carbonyl (C=O) groups excluding carboxylic acids is 2. The minimum absolute atomic E-state index is 0.0145. The molecule has 2 atom stereocenters. The quantitative estimate of drug-likeness (QED) is 0.0321. The second kappa shape index (κ2) is 57.9. The lowest BCUT2D eigenvalue weighted by molar-refractivity contribution is -0.143. The van der Waals surface area contributed by atoms with Gasteiger partial charge in [0.1, 0.15) is 0 Å². The van der Waals surface area contributed by atoms with E-state index < -0.39 is 12.1 Å². The molecule has 0 spiro atoms. The Morgan fingerprint density at radius 3 is 1.04 bits per heavy atom. The van der Waals surface area contributed by atoms with E-state index in [1.165, 1.54) is 270 Å². The fourth-order valence-electron chi connectivity index (χ4n) is 9.51. The van der Waals surface area contributed by atoms with E-state index in [1.807, 2.05) is 6.08 Å². The number of unbranched alkanes of at least 4 members (excludes halogenated alkanes) is 44. The Hall–Kier alpha value is -1.66. The molecule has 2 unspecified atom stereocenters. The smallest absolute Gasteiger partial charge is 0.305 e. The first-order chi connectivity index (χ1) is 33.5. The van der Waals surface area contributed by atoms with Gasteiger partial charge in [-0.2, -0.15) is 0 Å². The lowest BCUT2D eigenvalue weighted by Gasteiger charge is -2.20. The van der Waals surface area contributed by atoms with Gasteiger partial charge in [0.2, 0.25) is 5.91 Å². The molecule has 68 heavy (non-hydrogen) atoms. The van der Waals surface area contributed by atoms with Crippen LogP contribution in [-0.4, -0.2) is 47.4 Å². The van der Waals surface area contributed by atoms with E-state index in [1.54, 1.807) is 6.08 Å². The summed E-state index contributed by atoms with van der Waals surface area (Å²) in [6.45, 7) is 4.91. The third-order valence-corrected chi connectivity index (χ3v) is 14.2. The molecule has 0 fully saturated rings. The molecule has 1 amide bonds. The van der Waals surface area contributed by atoms with Crippen molar-refractivity contribution in [3.05, 3.63) is 24.3 Å². The van der Waals surface area contributed by atoms with Crippen LogP contribution >= 0.6 is 0 Å². The summed E-state index contributed by atoms with van der Waals surface area (Å²) in [5.74, 6) is -0.0574. The Balaban J connectivity index is 3.40. The number of rotatable bonds is 57. The van der Waals surface area contributed by atoms with E-state index >= 15 is 0 Å². The molecule has 0 aromatic heterocycles. The topological polar surface area (TPSA) is 95.9 Å². The summed E-state index contributed by atoms with van der Waals surface area (Å²) in [5, 5.41) is 23.1. The standard InChI is InChI=1S/C62H119NO5/c1-3-5-7-9-11-13-15-17-32-36-40-44-48-52-56-62(67)68-57-53-49-45-41-37-33-29-27-25-23-21-19-18-20-22-24-26-28-31-35-39-43-47-51-55-61(66)63-59(58-64)60(65)54-50-46-42-38-34-30-16-14-12-10-8-6-4-2/h20,22,50,54,59-60,64-65H,3-19,21,23-49,51-53,55-58H2,1-2H3,(H,63,66)/b22-20-,54-50+. The highest BCUT2D eigenvalue weighted by molar-refractivity contribution is 5.76. The number of hydrogen-bond acceptors (Lipinski definition) is 5. The number of amides is 1. The number of aliphatic hydroxyl groups excluding tert-OH is 2. The van der Waals surface area contributed by atoms with Crippen LogP contribution in [0.5, 0.6) is 0 Å². The van der Waals surface area contributed by atoms with Crippen LogP contribution in [0.25, 0.3) is 0 Å². The minimum atomic E-state index is -0.846. The first-order valence-electron chi connectivity index (χ1n) is 30.6. The number of ether oxygens (including phenoxy) is 1. The zero-order valence-electron chi connectivity index (χ0n) is 45.9. The second-order valence-electron chi connectivity index (χ2n) is 21.0. The molecular weight excluding hydrogens is 839 g/mol. The molecule has 3 N–H and O–H groups in total. The molecule has 6 nitrogen and oxygen atoms in total. The lowest BCUT2D eigenvalue weighted by Crippen LogP contribution is -2.45. The molecule has 0 aliphatic carbocycles. The first-order valence-corrected chi connectivity index (χ1v) is 30.6. The Kier molecular flexibility index (Phi) is 56.5. The molecule has 0 saturated heterocycles. The average Bonchev–Trinajstić information content (AvgIpc) is 3.34. The lowest BCUT2D eigenvalue weighted by atomic mass is 10.0. The second-order valence-corrected chi connectivity index (χ2v) is 21.0. The van der Waals surface area contributed by atoms with Gasteiger partial charge in [0.25, 0.3) is 0 Å². The highest BCUT2D eigenvalue weighted by atomic mass is 16.5. The van der Waals surface area contributed by atoms with E-state index in [4.69, 9.17) is 4.74 Å². The highest BCUT2D eigenvalue weighted by Gasteiger charge is 2.18. The van der Waals surface area contributed by atoms with E-state index in [9.17, 15) is 19.8 Å². The van der Waals surface area contributed by atoms with E-state index in [-0.39, 0.29) is 18.5 Å². The summed E-state index contributed by atoms with van der Waals surface area (Å²) in [6.07, 6.45) is 70.7. The van der Waals surface area contributed by atoms with Crippen molar-refractivity contribution < 1.29 is 24.5 Å². The maximum Gasteiger partial charge on any atom is 0.305 e. The number of aliphatic hydroxyl groups is 2. The molecule has 0 saturated carbocycles. The van der Waals surface area contributed by atoms with Crippen molar-refractivity contribution in [1.29, 1.82) is 0 Å². The van der Waals surface area contributed by atoms with Gasteiger partial charge in [-0.15, -0.1) is 0 Å². The number of nitrogens with one attached hydrogen (secondary N) is 1. The predicted octanol–water partition coefficient (Wildman–Crippen LogP) is 19.0. The van der Waals surface area contributed by atoms with Gasteiger partial charge in [-0.3, -0.25) is 9.59 Å². The van der Waals surface area contributed by atoms with Crippen molar-refractivity contribution >= 4 is 11.9 Å². The first kappa shape index (κ1) is 66.3. The number of allylic oxidation sites excluding steroid dienone is 3. The molecular formula is C62H119NO5. The van der Waals surface area contributed by atoms with Crippen molar-refractivity contribution in [2.24, 2.45) is 0 Å². The summed E-state index contributed by atoms with van der Waals surface area (Å²) in [6, 6.07) is -0.630. The third kappa shape index (κ3) is 53.7. The summed E-state index contributed by atoms with van der Waals surface area (Å²) >= 11 is 0. The molecule has 0 bridgehead atoms. The van der Waals surface area contributed by atoms with Crippen molar-refractivity contribution in [2.75, 3.05) is 13.2 Å². The number of esters is 1. The summed E-state index contributed by atoms with van der Waals surface area (Å²) in [4.78, 5) is 24.5. The van der Waals surface area contributed by atoms with Gasteiger partial charge in [0, 0.05) is 12.8 Å². The van der Waals surface area contributed by atoms with Crippen molar-refractivity contribution in [1.82, 2.24) is 5.32 Å². The Morgan fingerprint density at radius 2 is 0.691 bits per heavy atom. The largest absolute Gasteiger partial charge is 0.466 e. The Labute approximate surface area is 424 Å². The average molecular weight is 959 g/mol. The zero-order valence-corrected chi connectivity index (χ0v) is 45.9. The van der Waals surface area contributed by atoms with E-state index in [0.717, 1.165) is 38.5 Å². The predicted molar refractivity (Wildman–Crippen MR) is 296 cm³/mol. The van der Waals surface area contributed by atoms with Gasteiger partial charge in [-0.05, 0) is 57.8 Å². The van der Waals surface area contributed by atoms with Crippen LogP contribution in [-0.2, 0) is 14.3 Å². The Morgan fingerprint density at radius 1 is 0.397 bits per heavy atom. The molecule has 0 aromatic carbocycles. The molecule has 0 rings (SSSR count). The fraction of sp³-hybridized carbons (Fsp3) is 0.903. The van der Waals surface area contributed by atoms with Crippen LogP contribution in [0.3, 0.4) is 0 Å². The summed E-state index contributed by atoms with van der Waals surface area (Å²) in [7, 11) is 0. The van der Waals surface area contributed by atoms with Crippen molar-refractivity contribution in [2.45, 2.75) is 347 Å². The minimum Gasteiger partial charge on any atom is -0.466 e. The van der Waals surface area contributed by atoms with Crippen LogP contribution < -0.4 is 5.32 Å². The van der Waals surface area contributed by atoms with Gasteiger partial charge in [-0.1, -0.05) is 289 Å². The summed E-state index contributed by atoms with van der Waals surface area (Å²) < 4.78 is 5.48. The molecule has 6 heteroatoms. The van der Waals surface area contributed by atoms with E-state index in [0.29, 0.717) is 19.4 Å². The number of carbonyl (C=O) groups is 2. The molecule has 0 aliphatic rings. The summed E-state index contributed by atoms with van der Waals surface area (Å²) in [5.41, 5.74) is 0. The van der Waals surface area contributed by atoms with Crippen molar-refractivity contribution in [3.8, 4) is 0 Å². The third-order valence-electron chi connectivity index (χ3n) is 14.2. The van der Waals surface area contributed by atoms with Crippen LogP contribution in [0.2, 0.25) is 0 Å². The zero-order chi connectivity index (χ0) is 49.3. The van der Waals surface area contributed by atoms with Crippen LogP contribution in [0.15, 0.2) is 24.3 Å². The molecule has 0 heterocycles. The molecule has 0 radical (unpaired) electrons. The fourth-order valence-corrected chi connectivity index (χ4v) is 9.51. The monoisotopic (exact) mass is 958 g/mol. The van der Waals surface area contributed by atoms with Gasteiger partial charge >= 0.3 is 5.97 Å². The maximum absolute atomic E-state index is 12.4. The maximum atomic E-state index is 12.4. The highest BCUT2D eigenvalue weighted by Crippen LogP contribution is 2.17. The Bertz CT molecular complexity index is 1060. The SMILES string of the molecule is CCCCCCCCCCCCC/C=C/C(O)C(CO)NC(=O)CCCCCCCCCC/C=C\CCCCCCCCCCCCCCOC(=O)CCCCCCCCCCCCCCCC. The molecule has 0 aliphatic heterocycles. The normalized spacial score (nSPS) is 12.7. The van der Waals surface area contributed by atoms with Crippen LogP contribution in [0, 0.1) is 0 Å². The molecule has 402 valence electrons. The van der Waals surface area contributed by atoms with Gasteiger partial charge in [0.15, 0.2) is 0 Å². The van der Waals surface area contributed by atoms with Gasteiger partial charge in [-0.25, -0.2) is 0 Å². The van der Waals surface area contributed by atoms with Crippen molar-refractivity contribution in [3.63, 3.8) is 0 Å². The number of hydrogen-bond donors (Lipinski definition) is 3. The van der Waals surface area contributed by atoms with Gasteiger partial charge < -0.3 is 20.3 Å². The van der Waals surface area contributed by atoms with E-state index in [2.05, 4.69) is 31.3 Å². The van der Waals surface area contributed by atoms with Gasteiger partial charge in [0.05, 0.1) is 25.4 Å². The molecule has 0 aromatic rings. The van der Waals surface area contributed by atoms with Crippen LogP contribution in [0.1, 0.15) is 335 Å². The van der Waals surface area contributed by atoms with Crippen LogP contribution in [0.4, 0.5) is 0 Å².